The fourth-order valence-corrected chi connectivity index (χ4v) is 3.96. The third-order valence-electron chi connectivity index (χ3n) is 5.03. The third kappa shape index (κ3) is 2.27. The second kappa shape index (κ2) is 5.20. The van der Waals surface area contributed by atoms with E-state index < -0.39 is 0 Å². The van der Waals surface area contributed by atoms with Gasteiger partial charge in [0.05, 0.1) is 0 Å². The van der Waals surface area contributed by atoms with Crippen LogP contribution in [-0.4, -0.2) is 23.1 Å². The highest BCUT2D eigenvalue weighted by molar-refractivity contribution is 5.87. The quantitative estimate of drug-likeness (QED) is 0.654. The molecule has 0 aliphatic carbocycles. The lowest BCUT2D eigenvalue weighted by atomic mass is 9.89. The second-order valence-electron chi connectivity index (χ2n) is 6.74. The molecule has 1 unspecified atom stereocenters. The lowest BCUT2D eigenvalue weighted by Crippen LogP contribution is -2.31. The first-order valence-corrected chi connectivity index (χ1v) is 8.06. The number of benzene rings is 2. The number of halogens is 1. The summed E-state index contributed by atoms with van der Waals surface area (Å²) in [4.78, 5) is 2.36. The molecule has 2 nitrogen and oxygen atoms in total. The van der Waals surface area contributed by atoms with Gasteiger partial charge in [0.2, 0.25) is 0 Å². The van der Waals surface area contributed by atoms with Crippen molar-refractivity contribution < 1.29 is 4.39 Å². The van der Waals surface area contributed by atoms with Crippen LogP contribution in [0.3, 0.4) is 0 Å². The highest BCUT2D eigenvalue weighted by Crippen LogP contribution is 2.38. The average molecular weight is 308 g/mol. The van der Waals surface area contributed by atoms with E-state index in [1.54, 1.807) is 12.1 Å². The van der Waals surface area contributed by atoms with Crippen LogP contribution in [0.1, 0.15) is 28.3 Å². The molecule has 0 bridgehead atoms. The van der Waals surface area contributed by atoms with E-state index in [2.05, 4.69) is 48.7 Å². The number of nitrogens with zero attached hydrogens (tertiary/aromatic N) is 2. The molecule has 1 atom stereocenters. The van der Waals surface area contributed by atoms with Crippen molar-refractivity contribution in [2.45, 2.75) is 19.4 Å². The zero-order valence-electron chi connectivity index (χ0n) is 13.8. The molecule has 3 heteroatoms. The number of fused-ring (bicyclic) bond motifs is 3. The normalized spacial score (nSPS) is 18.3. The van der Waals surface area contributed by atoms with Crippen molar-refractivity contribution in [1.82, 2.24) is 9.47 Å². The summed E-state index contributed by atoms with van der Waals surface area (Å²) in [5.74, 6) is 0.105. The van der Waals surface area contributed by atoms with Gasteiger partial charge in [-0.05, 0) is 49.4 Å². The van der Waals surface area contributed by atoms with Crippen molar-refractivity contribution in [3.8, 4) is 0 Å². The Morgan fingerprint density at radius 2 is 1.78 bits per heavy atom. The van der Waals surface area contributed by atoms with Crippen molar-refractivity contribution in [3.05, 3.63) is 70.7 Å². The summed E-state index contributed by atoms with van der Waals surface area (Å²) in [7, 11) is 4.31. The van der Waals surface area contributed by atoms with Gasteiger partial charge < -0.3 is 9.47 Å². The Bertz CT molecular complexity index is 877. The number of rotatable bonds is 1. The smallest absolute Gasteiger partial charge is 0.123 e. The lowest BCUT2D eigenvalue weighted by molar-refractivity contribution is 0.292. The van der Waals surface area contributed by atoms with Crippen LogP contribution < -0.4 is 0 Å². The Balaban J connectivity index is 1.96. The molecule has 0 saturated carbocycles. The Kier molecular flexibility index (Phi) is 3.27. The summed E-state index contributed by atoms with van der Waals surface area (Å²) < 4.78 is 15.6. The van der Waals surface area contributed by atoms with Crippen LogP contribution in [0, 0.1) is 12.7 Å². The molecule has 0 N–H and O–H groups in total. The van der Waals surface area contributed by atoms with E-state index in [0.29, 0.717) is 0 Å². The summed E-state index contributed by atoms with van der Waals surface area (Å²) >= 11 is 0. The average Bonchev–Trinajstić information content (AvgIpc) is 2.80. The largest absolute Gasteiger partial charge is 0.347 e. The van der Waals surface area contributed by atoms with Gasteiger partial charge in [0, 0.05) is 42.7 Å². The van der Waals surface area contributed by atoms with Crippen molar-refractivity contribution in [2.24, 2.45) is 7.05 Å². The van der Waals surface area contributed by atoms with Crippen molar-refractivity contribution >= 4 is 10.9 Å². The first kappa shape index (κ1) is 14.5. The lowest BCUT2D eigenvalue weighted by Gasteiger charge is -2.31. The summed E-state index contributed by atoms with van der Waals surface area (Å²) in [6, 6.07) is 13.6. The molecule has 23 heavy (non-hydrogen) atoms. The number of hydrogen-bond acceptors (Lipinski definition) is 1. The maximum Gasteiger partial charge on any atom is 0.123 e. The molecule has 1 aliphatic rings. The van der Waals surface area contributed by atoms with Crippen LogP contribution >= 0.6 is 0 Å². The molecule has 118 valence electrons. The van der Waals surface area contributed by atoms with Gasteiger partial charge in [-0.2, -0.15) is 0 Å². The molecule has 1 aliphatic heterocycles. The topological polar surface area (TPSA) is 8.17 Å². The van der Waals surface area contributed by atoms with Gasteiger partial charge in [0.15, 0.2) is 0 Å². The third-order valence-corrected chi connectivity index (χ3v) is 5.03. The number of aromatic nitrogens is 1. The fourth-order valence-electron chi connectivity index (χ4n) is 3.96. The van der Waals surface area contributed by atoms with E-state index in [1.807, 2.05) is 12.1 Å². The van der Waals surface area contributed by atoms with Gasteiger partial charge in [-0.25, -0.2) is 4.39 Å². The minimum atomic E-state index is -0.175. The summed E-state index contributed by atoms with van der Waals surface area (Å²) in [5, 5.41) is 1.35. The highest BCUT2D eigenvalue weighted by Gasteiger charge is 2.30. The predicted molar refractivity (Wildman–Crippen MR) is 92.2 cm³/mol. The van der Waals surface area contributed by atoms with Gasteiger partial charge in [0.25, 0.3) is 0 Å². The summed E-state index contributed by atoms with van der Waals surface area (Å²) in [5.41, 5.74) is 6.53. The van der Waals surface area contributed by atoms with Gasteiger partial charge in [0.1, 0.15) is 5.82 Å². The molecule has 3 aromatic rings. The van der Waals surface area contributed by atoms with E-state index >= 15 is 0 Å². The zero-order chi connectivity index (χ0) is 16.1. The van der Waals surface area contributed by atoms with Gasteiger partial charge in [-0.3, -0.25) is 0 Å². The molecular formula is C20H21FN2. The standard InChI is InChI=1S/C20H21FN2/c1-13-4-9-19-16(10-13)18-12-22(2)11-17(20(18)23(19)3)14-5-7-15(21)8-6-14/h4-10,17H,11-12H2,1-3H3. The Labute approximate surface area is 136 Å². The molecule has 2 heterocycles. The van der Waals surface area contributed by atoms with Crippen LogP contribution in [0.4, 0.5) is 4.39 Å². The minimum Gasteiger partial charge on any atom is -0.347 e. The number of likely N-dealkylation sites (N-methyl/N-ethyl adjacent to an activating group) is 1. The second-order valence-corrected chi connectivity index (χ2v) is 6.74. The molecule has 0 radical (unpaired) electrons. The van der Waals surface area contributed by atoms with E-state index in [1.165, 1.54) is 33.3 Å². The molecular weight excluding hydrogens is 287 g/mol. The van der Waals surface area contributed by atoms with Crippen LogP contribution in [-0.2, 0) is 13.6 Å². The molecule has 0 amide bonds. The van der Waals surface area contributed by atoms with E-state index in [4.69, 9.17) is 0 Å². The Morgan fingerprint density at radius 1 is 1.04 bits per heavy atom. The maximum absolute atomic E-state index is 13.3. The van der Waals surface area contributed by atoms with Crippen molar-refractivity contribution in [1.29, 1.82) is 0 Å². The van der Waals surface area contributed by atoms with Crippen molar-refractivity contribution in [2.75, 3.05) is 13.6 Å². The van der Waals surface area contributed by atoms with E-state index in [0.717, 1.165) is 13.1 Å². The Morgan fingerprint density at radius 3 is 2.52 bits per heavy atom. The first-order chi connectivity index (χ1) is 11.0. The molecule has 0 fully saturated rings. The van der Waals surface area contributed by atoms with Crippen molar-refractivity contribution in [3.63, 3.8) is 0 Å². The van der Waals surface area contributed by atoms with E-state index in [9.17, 15) is 4.39 Å². The van der Waals surface area contributed by atoms with E-state index in [-0.39, 0.29) is 11.7 Å². The van der Waals surface area contributed by atoms with Crippen LogP contribution in [0.25, 0.3) is 10.9 Å². The maximum atomic E-state index is 13.3. The number of aryl methyl sites for hydroxylation is 2. The summed E-state index contributed by atoms with van der Waals surface area (Å²) in [6.45, 7) is 4.07. The molecule has 4 rings (SSSR count). The monoisotopic (exact) mass is 308 g/mol. The van der Waals surface area contributed by atoms with Crippen LogP contribution in [0.5, 0.6) is 0 Å². The van der Waals surface area contributed by atoms with Gasteiger partial charge >= 0.3 is 0 Å². The Hall–Kier alpha value is -2.13. The molecule has 1 aromatic heterocycles. The van der Waals surface area contributed by atoms with Gasteiger partial charge in [-0.1, -0.05) is 23.8 Å². The molecule has 0 spiro atoms. The first-order valence-electron chi connectivity index (χ1n) is 8.06. The van der Waals surface area contributed by atoms with Crippen LogP contribution in [0.15, 0.2) is 42.5 Å². The van der Waals surface area contributed by atoms with Gasteiger partial charge in [-0.15, -0.1) is 0 Å². The summed E-state index contributed by atoms with van der Waals surface area (Å²) in [6.07, 6.45) is 0. The minimum absolute atomic E-state index is 0.175. The number of hydrogen-bond donors (Lipinski definition) is 0. The predicted octanol–water partition coefficient (Wildman–Crippen LogP) is 4.20. The zero-order valence-corrected chi connectivity index (χ0v) is 13.8. The SMILES string of the molecule is Cc1ccc2c(c1)c1c(n2C)C(c2ccc(F)cc2)CN(C)C1. The molecule has 0 saturated heterocycles. The fraction of sp³-hybridized carbons (Fsp3) is 0.300. The highest BCUT2D eigenvalue weighted by atomic mass is 19.1. The molecule has 2 aromatic carbocycles. The van der Waals surface area contributed by atoms with Crippen LogP contribution in [0.2, 0.25) is 0 Å².